The predicted octanol–water partition coefficient (Wildman–Crippen LogP) is 2.33. The summed E-state index contributed by atoms with van der Waals surface area (Å²) < 4.78 is 43.7. The molecule has 0 saturated carbocycles. The molecule has 7 heteroatoms. The molecule has 0 radical (unpaired) electrons. The average Bonchev–Trinajstić information content (AvgIpc) is 2.25. The number of anilines is 1. The van der Waals surface area contributed by atoms with E-state index in [4.69, 9.17) is 4.74 Å². The third-order valence-corrected chi connectivity index (χ3v) is 2.85. The fourth-order valence-corrected chi connectivity index (χ4v) is 2.13. The van der Waals surface area contributed by atoms with E-state index in [1.807, 2.05) is 0 Å². The van der Waals surface area contributed by atoms with Gasteiger partial charge in [0.25, 0.3) is 0 Å². The molecule has 0 spiro atoms. The monoisotopic (exact) mass is 275 g/mol. The molecule has 1 aliphatic rings. The Hall–Kier alpha value is -1.37. The lowest BCUT2D eigenvalue weighted by atomic mass is 10.1. The summed E-state index contributed by atoms with van der Waals surface area (Å²) in [7, 11) is 0. The summed E-state index contributed by atoms with van der Waals surface area (Å²) in [6.45, 7) is 5.12. The maximum absolute atomic E-state index is 12.9. The Balaban J connectivity index is 2.26. The molecule has 1 saturated heterocycles. The molecule has 0 bridgehead atoms. The highest BCUT2D eigenvalue weighted by Gasteiger charge is 2.48. The van der Waals surface area contributed by atoms with E-state index in [0.717, 1.165) is 0 Å². The maximum Gasteiger partial charge on any atom is 0.416 e. The van der Waals surface area contributed by atoms with Gasteiger partial charge in [0.15, 0.2) is 6.10 Å². The van der Waals surface area contributed by atoms with Crippen LogP contribution in [0, 0.1) is 6.92 Å². The maximum atomic E-state index is 12.9. The van der Waals surface area contributed by atoms with E-state index in [1.165, 1.54) is 6.20 Å². The molecular formula is C12H16F3N3O. The van der Waals surface area contributed by atoms with E-state index in [1.54, 1.807) is 31.9 Å². The zero-order chi connectivity index (χ0) is 14.3. The lowest BCUT2D eigenvalue weighted by molar-refractivity contribution is -0.251. The van der Waals surface area contributed by atoms with Gasteiger partial charge in [-0.05, 0) is 20.8 Å². The first-order chi connectivity index (χ1) is 8.67. The van der Waals surface area contributed by atoms with Gasteiger partial charge < -0.3 is 9.64 Å². The van der Waals surface area contributed by atoms with Crippen LogP contribution in [0.2, 0.25) is 0 Å². The molecule has 1 aliphatic heterocycles. The fraction of sp³-hybridized carbons (Fsp3) is 0.667. The molecule has 19 heavy (non-hydrogen) atoms. The van der Waals surface area contributed by atoms with Crippen LogP contribution < -0.4 is 4.90 Å². The molecular weight excluding hydrogens is 259 g/mol. The molecule has 0 aliphatic carbocycles. The van der Waals surface area contributed by atoms with Crippen LogP contribution in [-0.4, -0.2) is 40.9 Å². The van der Waals surface area contributed by atoms with Crippen LogP contribution in [0.1, 0.15) is 19.5 Å². The first kappa shape index (κ1) is 14.0. The summed E-state index contributed by atoms with van der Waals surface area (Å²) in [5.41, 5.74) is -0.213. The molecule has 1 atom stereocenters. The molecule has 1 aromatic heterocycles. The number of hydrogen-bond acceptors (Lipinski definition) is 4. The number of rotatable bonds is 1. The molecule has 4 nitrogen and oxygen atoms in total. The molecule has 1 fully saturated rings. The Morgan fingerprint density at radius 2 is 2.05 bits per heavy atom. The molecule has 2 rings (SSSR count). The highest BCUT2D eigenvalue weighted by atomic mass is 19.4. The predicted molar refractivity (Wildman–Crippen MR) is 64.0 cm³/mol. The molecule has 2 heterocycles. The van der Waals surface area contributed by atoms with Crippen LogP contribution in [-0.2, 0) is 4.74 Å². The minimum Gasteiger partial charge on any atom is -0.359 e. The summed E-state index contributed by atoms with van der Waals surface area (Å²) in [5, 5.41) is 0. The second-order valence-electron chi connectivity index (χ2n) is 5.31. The third kappa shape index (κ3) is 3.34. The standard InChI is InChI=1S/C12H16F3N3O/c1-8-4-16-5-10(17-8)18-6-9(12(13,14)15)19-11(2,3)7-18/h4-5,9H,6-7H2,1-3H3. The van der Waals surface area contributed by atoms with Crippen molar-refractivity contribution >= 4 is 5.82 Å². The highest BCUT2D eigenvalue weighted by molar-refractivity contribution is 5.38. The zero-order valence-electron chi connectivity index (χ0n) is 11.0. The van der Waals surface area contributed by atoms with Crippen LogP contribution in [0.15, 0.2) is 12.4 Å². The van der Waals surface area contributed by atoms with Crippen molar-refractivity contribution in [2.45, 2.75) is 38.7 Å². The van der Waals surface area contributed by atoms with E-state index < -0.39 is 17.9 Å². The SMILES string of the molecule is Cc1cncc(N2CC(C(F)(F)F)OC(C)(C)C2)n1. The van der Waals surface area contributed by atoms with Gasteiger partial charge in [-0.3, -0.25) is 4.98 Å². The van der Waals surface area contributed by atoms with Gasteiger partial charge in [-0.2, -0.15) is 13.2 Å². The zero-order valence-corrected chi connectivity index (χ0v) is 11.0. The Bertz CT molecular complexity index is 462. The van der Waals surface area contributed by atoms with Crippen molar-refractivity contribution in [2.75, 3.05) is 18.0 Å². The quantitative estimate of drug-likeness (QED) is 0.788. The average molecular weight is 275 g/mol. The molecule has 0 amide bonds. The van der Waals surface area contributed by atoms with Gasteiger partial charge in [-0.15, -0.1) is 0 Å². The van der Waals surface area contributed by atoms with Crippen LogP contribution in [0.5, 0.6) is 0 Å². The van der Waals surface area contributed by atoms with E-state index in [2.05, 4.69) is 9.97 Å². The van der Waals surface area contributed by atoms with Crippen molar-refractivity contribution < 1.29 is 17.9 Å². The number of alkyl halides is 3. The number of morpholine rings is 1. The van der Waals surface area contributed by atoms with E-state index in [0.29, 0.717) is 18.1 Å². The second-order valence-corrected chi connectivity index (χ2v) is 5.31. The molecule has 0 N–H and O–H groups in total. The van der Waals surface area contributed by atoms with Crippen LogP contribution in [0.3, 0.4) is 0 Å². The summed E-state index contributed by atoms with van der Waals surface area (Å²) in [4.78, 5) is 9.76. The topological polar surface area (TPSA) is 38.2 Å². The first-order valence-electron chi connectivity index (χ1n) is 5.95. The number of hydrogen-bond donors (Lipinski definition) is 0. The third-order valence-electron chi connectivity index (χ3n) is 2.85. The Kier molecular flexibility index (Phi) is 3.42. The van der Waals surface area contributed by atoms with Crippen molar-refractivity contribution in [1.82, 2.24) is 9.97 Å². The molecule has 0 aromatic carbocycles. The van der Waals surface area contributed by atoms with Gasteiger partial charge in [0.2, 0.25) is 0 Å². The molecule has 106 valence electrons. The van der Waals surface area contributed by atoms with Crippen LogP contribution >= 0.6 is 0 Å². The van der Waals surface area contributed by atoms with Gasteiger partial charge in [0, 0.05) is 12.7 Å². The number of aromatic nitrogens is 2. The van der Waals surface area contributed by atoms with Gasteiger partial charge in [-0.25, -0.2) is 4.98 Å². The lowest BCUT2D eigenvalue weighted by Crippen LogP contribution is -2.57. The number of ether oxygens (including phenoxy) is 1. The second kappa shape index (κ2) is 4.63. The van der Waals surface area contributed by atoms with Gasteiger partial charge in [0.05, 0.1) is 24.0 Å². The Labute approximate surface area is 109 Å². The minimum atomic E-state index is -4.38. The van der Waals surface area contributed by atoms with Crippen molar-refractivity contribution in [3.63, 3.8) is 0 Å². The van der Waals surface area contributed by atoms with Gasteiger partial charge >= 0.3 is 6.18 Å². The lowest BCUT2D eigenvalue weighted by Gasteiger charge is -2.43. The van der Waals surface area contributed by atoms with E-state index in [9.17, 15) is 13.2 Å². The highest BCUT2D eigenvalue weighted by Crippen LogP contribution is 2.33. The van der Waals surface area contributed by atoms with E-state index in [-0.39, 0.29) is 6.54 Å². The van der Waals surface area contributed by atoms with Crippen LogP contribution in [0.4, 0.5) is 19.0 Å². The summed E-state index contributed by atoms with van der Waals surface area (Å²) in [5.74, 6) is 0.450. The van der Waals surface area contributed by atoms with Crippen molar-refractivity contribution in [3.8, 4) is 0 Å². The van der Waals surface area contributed by atoms with Crippen molar-refractivity contribution in [2.24, 2.45) is 0 Å². The smallest absolute Gasteiger partial charge is 0.359 e. The Morgan fingerprint density at radius 1 is 1.37 bits per heavy atom. The van der Waals surface area contributed by atoms with Crippen molar-refractivity contribution in [3.05, 3.63) is 18.1 Å². The molecule has 1 unspecified atom stereocenters. The number of nitrogens with zero attached hydrogens (tertiary/aromatic N) is 3. The van der Waals surface area contributed by atoms with Crippen molar-refractivity contribution in [1.29, 1.82) is 0 Å². The minimum absolute atomic E-state index is 0.259. The summed E-state index contributed by atoms with van der Waals surface area (Å²) in [6.07, 6.45) is -3.15. The normalized spacial score (nSPS) is 23.5. The summed E-state index contributed by atoms with van der Waals surface area (Å²) in [6, 6.07) is 0. The first-order valence-corrected chi connectivity index (χ1v) is 5.95. The van der Waals surface area contributed by atoms with Crippen LogP contribution in [0.25, 0.3) is 0 Å². The fourth-order valence-electron chi connectivity index (χ4n) is 2.13. The van der Waals surface area contributed by atoms with Gasteiger partial charge in [-0.1, -0.05) is 0 Å². The molecule has 1 aromatic rings. The number of aryl methyl sites for hydroxylation is 1. The Morgan fingerprint density at radius 3 is 2.63 bits per heavy atom. The number of halogens is 3. The summed E-state index contributed by atoms with van der Waals surface area (Å²) >= 11 is 0. The van der Waals surface area contributed by atoms with Gasteiger partial charge in [0.1, 0.15) is 5.82 Å². The largest absolute Gasteiger partial charge is 0.416 e. The van der Waals surface area contributed by atoms with E-state index >= 15 is 0 Å².